The molecule has 0 spiro atoms. The van der Waals surface area contributed by atoms with Crippen molar-refractivity contribution in [3.8, 4) is 0 Å². The highest BCUT2D eigenvalue weighted by molar-refractivity contribution is 6.30. The Bertz CT molecular complexity index is 306. The van der Waals surface area contributed by atoms with Gasteiger partial charge in [-0.05, 0) is 42.9 Å². The number of rotatable bonds is 8. The molecule has 0 fully saturated rings. The molecule has 0 amide bonds. The van der Waals surface area contributed by atoms with E-state index in [0.29, 0.717) is 0 Å². The molecule has 0 saturated heterocycles. The summed E-state index contributed by atoms with van der Waals surface area (Å²) in [6, 6.07) is 8.23. The molecule has 1 heteroatoms. The van der Waals surface area contributed by atoms with E-state index in [-0.39, 0.29) is 0 Å². The summed E-state index contributed by atoms with van der Waals surface area (Å²) in [5.74, 6) is 1.66. The van der Waals surface area contributed by atoms with Gasteiger partial charge in [-0.3, -0.25) is 0 Å². The molecular weight excluding hydrogens is 228 g/mol. The first-order valence-electron chi connectivity index (χ1n) is 6.63. The van der Waals surface area contributed by atoms with Crippen LogP contribution in [0, 0.1) is 12.8 Å². The van der Waals surface area contributed by atoms with E-state index in [1.807, 2.05) is 12.1 Å². The molecule has 0 bridgehead atoms. The molecule has 0 aliphatic rings. The maximum atomic E-state index is 6.01. The predicted octanol–water partition coefficient (Wildman–Crippen LogP) is 5.65. The van der Waals surface area contributed by atoms with Crippen LogP contribution in [0.2, 0.25) is 5.02 Å². The summed E-state index contributed by atoms with van der Waals surface area (Å²) in [5, 5.41) is 0.844. The molecule has 0 aromatic heterocycles. The van der Waals surface area contributed by atoms with E-state index in [9.17, 15) is 0 Å². The van der Waals surface area contributed by atoms with Crippen LogP contribution in [0.1, 0.15) is 51.0 Å². The van der Waals surface area contributed by atoms with Gasteiger partial charge in [-0.25, -0.2) is 0 Å². The second-order valence-electron chi connectivity index (χ2n) is 4.62. The molecule has 17 heavy (non-hydrogen) atoms. The Morgan fingerprint density at radius 1 is 1.24 bits per heavy atom. The topological polar surface area (TPSA) is 0 Å². The first kappa shape index (κ1) is 14.6. The van der Waals surface area contributed by atoms with Gasteiger partial charge >= 0.3 is 0 Å². The maximum Gasteiger partial charge on any atom is 0.0408 e. The normalized spacial score (nSPS) is 11.1. The maximum absolute atomic E-state index is 6.01. The van der Waals surface area contributed by atoms with E-state index in [4.69, 9.17) is 11.6 Å². The fraction of sp³-hybridized carbons (Fsp3) is 0.500. The average Bonchev–Trinajstić information content (AvgIpc) is 2.29. The molecule has 0 saturated carbocycles. The Morgan fingerprint density at radius 3 is 2.71 bits per heavy atom. The molecule has 2 radical (unpaired) electrons. The highest BCUT2D eigenvalue weighted by atomic mass is 35.5. The van der Waals surface area contributed by atoms with Gasteiger partial charge in [-0.1, -0.05) is 63.3 Å². The van der Waals surface area contributed by atoms with E-state index in [1.54, 1.807) is 5.92 Å². The summed E-state index contributed by atoms with van der Waals surface area (Å²) in [5.41, 5.74) is 1.34. The molecule has 94 valence electrons. The molecule has 1 aromatic carbocycles. The lowest BCUT2D eigenvalue weighted by Gasteiger charge is -2.15. The van der Waals surface area contributed by atoms with Gasteiger partial charge in [-0.15, -0.1) is 0 Å². The van der Waals surface area contributed by atoms with Crippen molar-refractivity contribution in [2.75, 3.05) is 0 Å². The molecule has 0 heterocycles. The van der Waals surface area contributed by atoms with Crippen LogP contribution in [0.25, 0.3) is 0 Å². The SMILES string of the molecule is [CH2]CCCC[C](CCC)Cc1cccc(Cl)c1. The Balaban J connectivity index is 2.47. The smallest absolute Gasteiger partial charge is 0.0408 e. The van der Waals surface area contributed by atoms with Gasteiger partial charge in [0.15, 0.2) is 0 Å². The van der Waals surface area contributed by atoms with Crippen LogP contribution < -0.4 is 0 Å². The summed E-state index contributed by atoms with van der Waals surface area (Å²) in [6.07, 6.45) is 8.38. The van der Waals surface area contributed by atoms with Crippen LogP contribution in [-0.2, 0) is 6.42 Å². The van der Waals surface area contributed by atoms with Crippen LogP contribution in [-0.4, -0.2) is 0 Å². The van der Waals surface area contributed by atoms with Gasteiger partial charge in [0.25, 0.3) is 0 Å². The predicted molar refractivity (Wildman–Crippen MR) is 77.1 cm³/mol. The van der Waals surface area contributed by atoms with E-state index in [2.05, 4.69) is 26.0 Å². The third-order valence-electron chi connectivity index (χ3n) is 2.98. The molecule has 0 unspecified atom stereocenters. The third-order valence-corrected chi connectivity index (χ3v) is 3.21. The van der Waals surface area contributed by atoms with Crippen molar-refractivity contribution in [2.45, 2.75) is 51.9 Å². The van der Waals surface area contributed by atoms with Crippen molar-refractivity contribution in [1.82, 2.24) is 0 Å². The first-order valence-corrected chi connectivity index (χ1v) is 7.01. The fourth-order valence-electron chi connectivity index (χ4n) is 2.14. The van der Waals surface area contributed by atoms with Crippen LogP contribution >= 0.6 is 11.6 Å². The number of hydrogen-bond donors (Lipinski definition) is 0. The van der Waals surface area contributed by atoms with Crippen molar-refractivity contribution in [3.63, 3.8) is 0 Å². The van der Waals surface area contributed by atoms with Gasteiger partial charge in [0.1, 0.15) is 0 Å². The van der Waals surface area contributed by atoms with Crippen LogP contribution in [0.4, 0.5) is 0 Å². The molecule has 0 N–H and O–H groups in total. The summed E-state index contributed by atoms with van der Waals surface area (Å²) >= 11 is 6.01. The minimum absolute atomic E-state index is 0.844. The zero-order valence-electron chi connectivity index (χ0n) is 10.8. The number of hydrogen-bond acceptors (Lipinski definition) is 0. The number of benzene rings is 1. The molecular formula is C16H23Cl. The summed E-state index contributed by atoms with van der Waals surface area (Å²) in [7, 11) is 0. The summed E-state index contributed by atoms with van der Waals surface area (Å²) in [6.45, 7) is 6.15. The first-order chi connectivity index (χ1) is 8.26. The minimum atomic E-state index is 0.844. The lowest BCUT2D eigenvalue weighted by atomic mass is 9.90. The lowest BCUT2D eigenvalue weighted by molar-refractivity contribution is 0.620. The Labute approximate surface area is 111 Å². The van der Waals surface area contributed by atoms with E-state index >= 15 is 0 Å². The highest BCUT2D eigenvalue weighted by Crippen LogP contribution is 2.24. The van der Waals surface area contributed by atoms with Gasteiger partial charge in [0.05, 0.1) is 0 Å². The Kier molecular flexibility index (Phi) is 7.35. The largest absolute Gasteiger partial charge is 0.0843 e. The second-order valence-corrected chi connectivity index (χ2v) is 5.05. The van der Waals surface area contributed by atoms with Gasteiger partial charge in [-0.2, -0.15) is 0 Å². The fourth-order valence-corrected chi connectivity index (χ4v) is 2.36. The van der Waals surface area contributed by atoms with Crippen LogP contribution in [0.5, 0.6) is 0 Å². The van der Waals surface area contributed by atoms with Crippen LogP contribution in [0.15, 0.2) is 24.3 Å². The lowest BCUT2D eigenvalue weighted by Crippen LogP contribution is -2.02. The van der Waals surface area contributed by atoms with Gasteiger partial charge < -0.3 is 0 Å². The molecule has 1 aromatic rings. The highest BCUT2D eigenvalue weighted by Gasteiger charge is 2.09. The second kappa shape index (κ2) is 8.58. The van der Waals surface area contributed by atoms with Crippen molar-refractivity contribution >= 4 is 11.6 Å². The summed E-state index contributed by atoms with van der Waals surface area (Å²) in [4.78, 5) is 0. The number of halogens is 1. The standard InChI is InChI=1S/C16H23Cl/c1-3-5-6-9-14(8-4-2)12-15-10-7-11-16(17)13-15/h7,10-11,13H,1,3-6,8-9,12H2,2H3. The molecule has 0 nitrogen and oxygen atoms in total. The molecule has 0 atom stereocenters. The van der Waals surface area contributed by atoms with Gasteiger partial charge in [0, 0.05) is 5.02 Å². The number of unbranched alkanes of at least 4 members (excludes halogenated alkanes) is 2. The zero-order chi connectivity index (χ0) is 12.5. The molecule has 0 aliphatic carbocycles. The van der Waals surface area contributed by atoms with E-state index < -0.39 is 0 Å². The van der Waals surface area contributed by atoms with Gasteiger partial charge in [0.2, 0.25) is 0 Å². The minimum Gasteiger partial charge on any atom is -0.0843 e. The molecule has 1 rings (SSSR count). The van der Waals surface area contributed by atoms with Crippen LogP contribution in [0.3, 0.4) is 0 Å². The monoisotopic (exact) mass is 250 g/mol. The summed E-state index contributed by atoms with van der Waals surface area (Å²) < 4.78 is 0. The Hall–Kier alpha value is -0.490. The van der Waals surface area contributed by atoms with E-state index in [0.717, 1.165) is 17.9 Å². The van der Waals surface area contributed by atoms with Crippen molar-refractivity contribution in [1.29, 1.82) is 0 Å². The third kappa shape index (κ3) is 6.12. The quantitative estimate of drug-likeness (QED) is 0.523. The zero-order valence-corrected chi connectivity index (χ0v) is 11.6. The van der Waals surface area contributed by atoms with Crippen molar-refractivity contribution in [3.05, 3.63) is 47.7 Å². The van der Waals surface area contributed by atoms with Crippen molar-refractivity contribution < 1.29 is 0 Å². The van der Waals surface area contributed by atoms with Crippen molar-refractivity contribution in [2.24, 2.45) is 0 Å². The molecule has 0 aliphatic heterocycles. The van der Waals surface area contributed by atoms with E-state index in [1.165, 1.54) is 37.7 Å². The Morgan fingerprint density at radius 2 is 2.06 bits per heavy atom. The average molecular weight is 251 g/mol.